The third-order valence-electron chi connectivity index (χ3n) is 1.01. The van der Waals surface area contributed by atoms with E-state index in [0.29, 0.717) is 12.2 Å². The van der Waals surface area contributed by atoms with Crippen LogP contribution >= 0.6 is 0 Å². The Kier molecular flexibility index (Phi) is 4.12. The Labute approximate surface area is 75.3 Å². The van der Waals surface area contributed by atoms with Gasteiger partial charge in [-0.2, -0.15) is 0 Å². The lowest BCUT2D eigenvalue weighted by atomic mass is 10.5. The first-order valence-electron chi connectivity index (χ1n) is 3.33. The lowest BCUT2D eigenvalue weighted by molar-refractivity contribution is -0.131. The third-order valence-corrected chi connectivity index (χ3v) is 2.29. The number of carbonyl (C=O) groups is 2. The van der Waals surface area contributed by atoms with Crippen molar-refractivity contribution < 1.29 is 23.1 Å². The SMILES string of the molecule is CCS(=O)(=O)NC(=O)/C=C\C(=O)O. The van der Waals surface area contributed by atoms with Gasteiger partial charge >= 0.3 is 5.97 Å². The number of carboxylic acids is 1. The fourth-order valence-corrected chi connectivity index (χ4v) is 0.925. The molecule has 0 fully saturated rings. The van der Waals surface area contributed by atoms with Crippen molar-refractivity contribution in [2.24, 2.45) is 0 Å². The number of hydrogen-bond donors (Lipinski definition) is 2. The van der Waals surface area contributed by atoms with Gasteiger partial charge in [0.1, 0.15) is 0 Å². The molecule has 0 aromatic rings. The molecule has 0 saturated heterocycles. The predicted molar refractivity (Wildman–Crippen MR) is 44.4 cm³/mol. The molecule has 0 atom stereocenters. The highest BCUT2D eigenvalue weighted by Crippen LogP contribution is 1.83. The van der Waals surface area contributed by atoms with Crippen molar-refractivity contribution in [1.82, 2.24) is 4.72 Å². The van der Waals surface area contributed by atoms with E-state index in [2.05, 4.69) is 0 Å². The molecule has 0 heterocycles. The number of nitrogens with one attached hydrogen (secondary N) is 1. The summed E-state index contributed by atoms with van der Waals surface area (Å²) in [6.07, 6.45) is 1.19. The molecule has 6 nitrogen and oxygen atoms in total. The van der Waals surface area contributed by atoms with Gasteiger partial charge < -0.3 is 5.11 Å². The molecule has 0 radical (unpaired) electrons. The van der Waals surface area contributed by atoms with Crippen LogP contribution in [0.5, 0.6) is 0 Å². The molecule has 0 rings (SSSR count). The third kappa shape index (κ3) is 5.85. The highest BCUT2D eigenvalue weighted by atomic mass is 32.2. The van der Waals surface area contributed by atoms with E-state index in [9.17, 15) is 18.0 Å². The lowest BCUT2D eigenvalue weighted by Crippen LogP contribution is -2.30. The Morgan fingerprint density at radius 2 is 1.92 bits per heavy atom. The quantitative estimate of drug-likeness (QED) is 0.581. The second-order valence-electron chi connectivity index (χ2n) is 2.04. The largest absolute Gasteiger partial charge is 0.478 e. The molecule has 7 heteroatoms. The van der Waals surface area contributed by atoms with E-state index in [1.54, 1.807) is 4.72 Å². The number of amides is 1. The number of carboxylic acid groups (broad SMARTS) is 1. The van der Waals surface area contributed by atoms with Gasteiger partial charge in [0, 0.05) is 12.2 Å². The van der Waals surface area contributed by atoms with Gasteiger partial charge in [0.15, 0.2) is 0 Å². The molecular weight excluding hydrogens is 198 g/mol. The van der Waals surface area contributed by atoms with E-state index >= 15 is 0 Å². The molecule has 0 aromatic heterocycles. The molecule has 0 saturated carbocycles. The maximum atomic E-state index is 10.7. The van der Waals surface area contributed by atoms with Crippen molar-refractivity contribution in [3.8, 4) is 0 Å². The van der Waals surface area contributed by atoms with Gasteiger partial charge in [0.05, 0.1) is 5.75 Å². The summed E-state index contributed by atoms with van der Waals surface area (Å²) >= 11 is 0. The summed E-state index contributed by atoms with van der Waals surface area (Å²) in [5, 5.41) is 8.10. The number of sulfonamides is 1. The molecular formula is C6H9NO5S. The second kappa shape index (κ2) is 4.61. The van der Waals surface area contributed by atoms with E-state index in [4.69, 9.17) is 5.11 Å². The van der Waals surface area contributed by atoms with Crippen molar-refractivity contribution in [2.45, 2.75) is 6.92 Å². The number of rotatable bonds is 4. The average Bonchev–Trinajstić information content (AvgIpc) is 2.00. The van der Waals surface area contributed by atoms with Crippen molar-refractivity contribution in [1.29, 1.82) is 0 Å². The molecule has 0 aromatic carbocycles. The van der Waals surface area contributed by atoms with E-state index in [0.717, 1.165) is 0 Å². The van der Waals surface area contributed by atoms with Crippen LogP contribution in [0.25, 0.3) is 0 Å². The van der Waals surface area contributed by atoms with Crippen molar-refractivity contribution in [3.05, 3.63) is 12.2 Å². The fourth-order valence-electron chi connectivity index (χ4n) is 0.406. The maximum Gasteiger partial charge on any atom is 0.328 e. The summed E-state index contributed by atoms with van der Waals surface area (Å²) in [5.74, 6) is -2.52. The standard InChI is InChI=1S/C6H9NO5S/c1-2-13(11,12)7-5(8)3-4-6(9)10/h3-4H,2H2,1H3,(H,7,8)(H,9,10)/b4-3-. The van der Waals surface area contributed by atoms with Crippen molar-refractivity contribution in [3.63, 3.8) is 0 Å². The highest BCUT2D eigenvalue weighted by molar-refractivity contribution is 7.90. The monoisotopic (exact) mass is 207 g/mol. The van der Waals surface area contributed by atoms with Gasteiger partial charge in [0.25, 0.3) is 5.91 Å². The van der Waals surface area contributed by atoms with Crippen LogP contribution in [0.15, 0.2) is 12.2 Å². The molecule has 0 aliphatic heterocycles. The minimum absolute atomic E-state index is 0.236. The van der Waals surface area contributed by atoms with Gasteiger partial charge in [0.2, 0.25) is 10.0 Å². The summed E-state index contributed by atoms with van der Waals surface area (Å²) in [4.78, 5) is 20.6. The Balaban J connectivity index is 4.26. The Hall–Kier alpha value is -1.37. The molecule has 1 amide bonds. The summed E-state index contributed by atoms with van der Waals surface area (Å²) in [5.41, 5.74) is 0. The number of carbonyl (C=O) groups excluding carboxylic acids is 1. The Morgan fingerprint density at radius 3 is 2.31 bits per heavy atom. The zero-order valence-electron chi connectivity index (χ0n) is 6.85. The van der Waals surface area contributed by atoms with Gasteiger partial charge in [-0.1, -0.05) is 0 Å². The maximum absolute atomic E-state index is 10.7. The van der Waals surface area contributed by atoms with Gasteiger partial charge in [-0.3, -0.25) is 4.79 Å². The topological polar surface area (TPSA) is 101 Å². The van der Waals surface area contributed by atoms with Crippen LogP contribution in [0.2, 0.25) is 0 Å². The summed E-state index contributed by atoms with van der Waals surface area (Å²) in [7, 11) is -3.61. The molecule has 2 N–H and O–H groups in total. The van der Waals surface area contributed by atoms with Crippen LogP contribution in [-0.4, -0.2) is 31.2 Å². The van der Waals surface area contributed by atoms with E-state index in [1.807, 2.05) is 0 Å². The first-order chi connectivity index (χ1) is 5.87. The lowest BCUT2D eigenvalue weighted by Gasteiger charge is -1.99. The van der Waals surface area contributed by atoms with Crippen LogP contribution in [0.3, 0.4) is 0 Å². The molecule has 0 aliphatic rings. The first kappa shape index (κ1) is 11.6. The average molecular weight is 207 g/mol. The van der Waals surface area contributed by atoms with E-state index < -0.39 is 21.9 Å². The zero-order valence-corrected chi connectivity index (χ0v) is 7.67. The van der Waals surface area contributed by atoms with Crippen LogP contribution in [-0.2, 0) is 19.6 Å². The normalized spacial score (nSPS) is 11.5. The van der Waals surface area contributed by atoms with Crippen LogP contribution in [0, 0.1) is 0 Å². The van der Waals surface area contributed by atoms with Gasteiger partial charge in [-0.15, -0.1) is 0 Å². The minimum Gasteiger partial charge on any atom is -0.478 e. The van der Waals surface area contributed by atoms with E-state index in [-0.39, 0.29) is 5.75 Å². The Bertz CT molecular complexity index is 329. The number of aliphatic carboxylic acids is 1. The first-order valence-corrected chi connectivity index (χ1v) is 4.98. The predicted octanol–water partition coefficient (Wildman–Crippen LogP) is -0.907. The molecule has 0 aliphatic carbocycles. The fraction of sp³-hybridized carbons (Fsp3) is 0.333. The molecule has 13 heavy (non-hydrogen) atoms. The van der Waals surface area contributed by atoms with Gasteiger partial charge in [-0.05, 0) is 6.92 Å². The van der Waals surface area contributed by atoms with Crippen LogP contribution in [0.4, 0.5) is 0 Å². The van der Waals surface area contributed by atoms with Gasteiger partial charge in [-0.25, -0.2) is 17.9 Å². The summed E-state index contributed by atoms with van der Waals surface area (Å²) in [6, 6.07) is 0. The van der Waals surface area contributed by atoms with Crippen LogP contribution < -0.4 is 4.72 Å². The smallest absolute Gasteiger partial charge is 0.328 e. The number of hydrogen-bond acceptors (Lipinski definition) is 4. The van der Waals surface area contributed by atoms with Crippen LogP contribution in [0.1, 0.15) is 6.92 Å². The molecule has 0 spiro atoms. The second-order valence-corrected chi connectivity index (χ2v) is 4.05. The van der Waals surface area contributed by atoms with Crippen molar-refractivity contribution >= 4 is 21.9 Å². The minimum atomic E-state index is -3.61. The molecule has 74 valence electrons. The zero-order chi connectivity index (χ0) is 10.5. The van der Waals surface area contributed by atoms with Crippen molar-refractivity contribution in [2.75, 3.05) is 5.75 Å². The highest BCUT2D eigenvalue weighted by Gasteiger charge is 2.08. The van der Waals surface area contributed by atoms with E-state index in [1.165, 1.54) is 6.92 Å². The molecule has 0 unspecified atom stereocenters. The Morgan fingerprint density at radius 1 is 1.38 bits per heavy atom. The summed E-state index contributed by atoms with van der Waals surface area (Å²) in [6.45, 7) is 1.36. The molecule has 0 bridgehead atoms. The summed E-state index contributed by atoms with van der Waals surface area (Å²) < 4.78 is 23.1.